The van der Waals surface area contributed by atoms with Crippen LogP contribution in [0.4, 0.5) is 5.69 Å². The zero-order valence-corrected chi connectivity index (χ0v) is 13.6. The van der Waals surface area contributed by atoms with Crippen LogP contribution in [0.25, 0.3) is 0 Å². The average Bonchev–Trinajstić information content (AvgIpc) is 2.48. The van der Waals surface area contributed by atoms with E-state index in [-0.39, 0.29) is 0 Å². The first-order chi connectivity index (χ1) is 10.2. The molecule has 1 unspecified atom stereocenters. The number of aryl methyl sites for hydroxylation is 1. The molecule has 1 heterocycles. The summed E-state index contributed by atoms with van der Waals surface area (Å²) in [4.78, 5) is 2.40. The first-order valence-corrected chi connectivity index (χ1v) is 8.44. The Morgan fingerprint density at radius 1 is 1.29 bits per heavy atom. The Morgan fingerprint density at radius 3 is 2.86 bits per heavy atom. The molecule has 0 amide bonds. The first kappa shape index (κ1) is 16.2. The smallest absolute Gasteiger partial charge is 0.122 e. The molecule has 1 fully saturated rings. The van der Waals surface area contributed by atoms with Crippen LogP contribution in [0.5, 0.6) is 5.75 Å². The molecule has 21 heavy (non-hydrogen) atoms. The fourth-order valence-electron chi connectivity index (χ4n) is 2.95. The lowest BCUT2D eigenvalue weighted by Crippen LogP contribution is -2.42. The molecule has 0 saturated carbocycles. The molecule has 0 bridgehead atoms. The van der Waals surface area contributed by atoms with E-state index in [9.17, 15) is 0 Å². The van der Waals surface area contributed by atoms with E-state index in [1.807, 2.05) is 0 Å². The molecule has 1 aliphatic rings. The van der Waals surface area contributed by atoms with Crippen molar-refractivity contribution < 1.29 is 4.74 Å². The number of anilines is 1. The molecule has 2 rings (SSSR count). The van der Waals surface area contributed by atoms with E-state index < -0.39 is 0 Å². The number of nitrogens with two attached hydrogens (primary N) is 1. The summed E-state index contributed by atoms with van der Waals surface area (Å²) in [6.07, 6.45) is 7.32. The van der Waals surface area contributed by atoms with Crippen LogP contribution in [0.2, 0.25) is 0 Å². The van der Waals surface area contributed by atoms with Crippen molar-refractivity contribution in [1.29, 1.82) is 0 Å². The van der Waals surface area contributed by atoms with Crippen LogP contribution in [0.3, 0.4) is 0 Å². The second kappa shape index (κ2) is 8.28. The molecule has 3 heteroatoms. The van der Waals surface area contributed by atoms with Gasteiger partial charge in [0.25, 0.3) is 0 Å². The molecule has 0 radical (unpaired) electrons. The highest BCUT2D eigenvalue weighted by Crippen LogP contribution is 2.26. The van der Waals surface area contributed by atoms with Gasteiger partial charge in [-0.1, -0.05) is 26.2 Å². The highest BCUT2D eigenvalue weighted by molar-refractivity contribution is 5.53. The van der Waals surface area contributed by atoms with Gasteiger partial charge in [0.15, 0.2) is 0 Å². The van der Waals surface area contributed by atoms with Crippen LogP contribution in [-0.2, 0) is 0 Å². The maximum Gasteiger partial charge on any atom is 0.122 e. The van der Waals surface area contributed by atoms with Gasteiger partial charge in [-0.2, -0.15) is 0 Å². The minimum absolute atomic E-state index is 0.313. The lowest BCUT2D eigenvalue weighted by molar-refractivity contribution is 0.303. The van der Waals surface area contributed by atoms with Gasteiger partial charge >= 0.3 is 0 Å². The standard InChI is InChI=1S/C18H30N2O/c1-3-4-5-6-12-21-18-10-9-17(13-15(18)2)20-11-7-8-16(19)14-20/h9-10,13,16H,3-8,11-12,14,19H2,1-2H3. The predicted molar refractivity (Wildman–Crippen MR) is 90.2 cm³/mol. The van der Waals surface area contributed by atoms with Crippen molar-refractivity contribution in [3.63, 3.8) is 0 Å². The fraction of sp³-hybridized carbons (Fsp3) is 0.667. The van der Waals surface area contributed by atoms with E-state index in [2.05, 4.69) is 36.9 Å². The van der Waals surface area contributed by atoms with Gasteiger partial charge in [-0.05, 0) is 49.9 Å². The molecule has 1 aliphatic heterocycles. The molecule has 0 spiro atoms. The van der Waals surface area contributed by atoms with E-state index in [1.165, 1.54) is 36.9 Å². The molecule has 1 saturated heterocycles. The summed E-state index contributed by atoms with van der Waals surface area (Å²) in [6, 6.07) is 6.84. The first-order valence-electron chi connectivity index (χ1n) is 8.44. The van der Waals surface area contributed by atoms with E-state index in [0.29, 0.717) is 6.04 Å². The zero-order valence-electron chi connectivity index (χ0n) is 13.6. The predicted octanol–water partition coefficient (Wildman–Crippen LogP) is 3.88. The third kappa shape index (κ3) is 4.92. The summed E-state index contributed by atoms with van der Waals surface area (Å²) in [5.41, 5.74) is 8.57. The van der Waals surface area contributed by atoms with E-state index in [1.54, 1.807) is 0 Å². The Bertz CT molecular complexity index is 433. The van der Waals surface area contributed by atoms with Crippen molar-refractivity contribution in [2.24, 2.45) is 5.73 Å². The number of hydrogen-bond acceptors (Lipinski definition) is 3. The van der Waals surface area contributed by atoms with Crippen LogP contribution in [0.15, 0.2) is 18.2 Å². The molecule has 3 nitrogen and oxygen atoms in total. The Kier molecular flexibility index (Phi) is 6.37. The Labute approximate surface area is 129 Å². The molecule has 0 aliphatic carbocycles. The number of ether oxygens (including phenoxy) is 1. The van der Waals surface area contributed by atoms with Gasteiger partial charge in [0.2, 0.25) is 0 Å². The third-order valence-electron chi connectivity index (χ3n) is 4.24. The van der Waals surface area contributed by atoms with Crippen molar-refractivity contribution in [2.75, 3.05) is 24.6 Å². The van der Waals surface area contributed by atoms with E-state index >= 15 is 0 Å². The minimum atomic E-state index is 0.313. The van der Waals surface area contributed by atoms with Crippen molar-refractivity contribution in [1.82, 2.24) is 0 Å². The summed E-state index contributed by atoms with van der Waals surface area (Å²) in [6.45, 7) is 7.28. The number of nitrogens with zero attached hydrogens (tertiary/aromatic N) is 1. The average molecular weight is 290 g/mol. The SMILES string of the molecule is CCCCCCOc1ccc(N2CCCC(N)C2)cc1C. The number of hydrogen-bond donors (Lipinski definition) is 1. The van der Waals surface area contributed by atoms with Gasteiger partial charge in [-0.25, -0.2) is 0 Å². The fourth-order valence-corrected chi connectivity index (χ4v) is 2.95. The van der Waals surface area contributed by atoms with Crippen LogP contribution < -0.4 is 15.4 Å². The largest absolute Gasteiger partial charge is 0.493 e. The number of rotatable bonds is 7. The molecule has 0 aromatic heterocycles. The minimum Gasteiger partial charge on any atom is -0.493 e. The summed E-state index contributed by atoms with van der Waals surface area (Å²) < 4.78 is 5.90. The van der Waals surface area contributed by atoms with Gasteiger partial charge in [-0.15, -0.1) is 0 Å². The molecule has 2 N–H and O–H groups in total. The molecule has 1 aromatic rings. The summed E-state index contributed by atoms with van der Waals surface area (Å²) >= 11 is 0. The van der Waals surface area contributed by atoms with Crippen LogP contribution >= 0.6 is 0 Å². The topological polar surface area (TPSA) is 38.5 Å². The van der Waals surface area contributed by atoms with Gasteiger partial charge in [0.1, 0.15) is 5.75 Å². The second-order valence-electron chi connectivity index (χ2n) is 6.21. The van der Waals surface area contributed by atoms with Gasteiger partial charge in [0.05, 0.1) is 6.61 Å². The molecular weight excluding hydrogens is 260 g/mol. The molecular formula is C18H30N2O. The number of benzene rings is 1. The second-order valence-corrected chi connectivity index (χ2v) is 6.21. The monoisotopic (exact) mass is 290 g/mol. The van der Waals surface area contributed by atoms with Crippen LogP contribution in [-0.4, -0.2) is 25.7 Å². The van der Waals surface area contributed by atoms with Gasteiger partial charge in [-0.3, -0.25) is 0 Å². The lowest BCUT2D eigenvalue weighted by Gasteiger charge is -2.33. The highest BCUT2D eigenvalue weighted by atomic mass is 16.5. The van der Waals surface area contributed by atoms with Crippen molar-refractivity contribution >= 4 is 5.69 Å². The maximum absolute atomic E-state index is 6.07. The Hall–Kier alpha value is -1.22. The maximum atomic E-state index is 6.07. The number of piperidine rings is 1. The lowest BCUT2D eigenvalue weighted by atomic mass is 10.1. The normalized spacial score (nSPS) is 18.8. The summed E-state index contributed by atoms with van der Waals surface area (Å²) in [5.74, 6) is 1.02. The summed E-state index contributed by atoms with van der Waals surface area (Å²) in [5, 5.41) is 0. The Morgan fingerprint density at radius 2 is 2.14 bits per heavy atom. The van der Waals surface area contributed by atoms with Gasteiger partial charge in [0, 0.05) is 24.8 Å². The van der Waals surface area contributed by atoms with E-state index in [0.717, 1.165) is 38.3 Å². The molecule has 1 atom stereocenters. The summed E-state index contributed by atoms with van der Waals surface area (Å²) in [7, 11) is 0. The number of unbranched alkanes of at least 4 members (excludes halogenated alkanes) is 3. The highest BCUT2D eigenvalue weighted by Gasteiger charge is 2.17. The van der Waals surface area contributed by atoms with Crippen molar-refractivity contribution in [2.45, 2.75) is 58.4 Å². The third-order valence-corrected chi connectivity index (χ3v) is 4.24. The van der Waals surface area contributed by atoms with Crippen molar-refractivity contribution in [3.05, 3.63) is 23.8 Å². The van der Waals surface area contributed by atoms with Crippen LogP contribution in [0.1, 0.15) is 51.0 Å². The molecule has 1 aromatic carbocycles. The van der Waals surface area contributed by atoms with Gasteiger partial charge < -0.3 is 15.4 Å². The molecule has 118 valence electrons. The Balaban J connectivity index is 1.88. The van der Waals surface area contributed by atoms with Crippen LogP contribution in [0, 0.1) is 6.92 Å². The van der Waals surface area contributed by atoms with E-state index in [4.69, 9.17) is 10.5 Å². The van der Waals surface area contributed by atoms with Crippen molar-refractivity contribution in [3.8, 4) is 5.75 Å². The zero-order chi connectivity index (χ0) is 15.1. The quantitative estimate of drug-likeness (QED) is 0.774.